The number of benzene rings is 1. The van der Waals surface area contributed by atoms with E-state index in [1.165, 1.54) is 10.6 Å². The van der Waals surface area contributed by atoms with E-state index < -0.39 is 10.0 Å². The minimum absolute atomic E-state index is 0.0535. The standard InChI is InChI=1S/C18H25N3O4S/c1-12-10-15-11-14(4-5-17(15)21(12)26(3,24)25)18(23)19-16-6-8-20(9-7-16)13(2)22/h4-5,11-12,16H,6-10H2,1-3H3,(H,19,23)/t12-/m1/s1. The van der Waals surface area contributed by atoms with E-state index in [2.05, 4.69) is 5.32 Å². The monoisotopic (exact) mass is 379 g/mol. The number of likely N-dealkylation sites (tertiary alicyclic amines) is 1. The first-order valence-corrected chi connectivity index (χ1v) is 10.7. The van der Waals surface area contributed by atoms with Crippen molar-refractivity contribution < 1.29 is 18.0 Å². The number of sulfonamides is 1. The van der Waals surface area contributed by atoms with Crippen molar-refractivity contribution in [1.29, 1.82) is 0 Å². The maximum absolute atomic E-state index is 12.6. The number of piperidine rings is 1. The molecular formula is C18H25N3O4S. The molecular weight excluding hydrogens is 354 g/mol. The Hall–Kier alpha value is -2.09. The van der Waals surface area contributed by atoms with Crippen molar-refractivity contribution in [2.75, 3.05) is 23.7 Å². The Morgan fingerprint density at radius 1 is 1.19 bits per heavy atom. The van der Waals surface area contributed by atoms with Gasteiger partial charge in [0.15, 0.2) is 0 Å². The molecule has 0 radical (unpaired) electrons. The fourth-order valence-corrected chi connectivity index (χ4v) is 5.12. The molecule has 7 nitrogen and oxygen atoms in total. The van der Waals surface area contributed by atoms with E-state index in [1.807, 2.05) is 6.92 Å². The lowest BCUT2D eigenvalue weighted by atomic mass is 10.0. The van der Waals surface area contributed by atoms with Crippen molar-refractivity contribution in [2.45, 2.75) is 45.2 Å². The molecule has 0 bridgehead atoms. The quantitative estimate of drug-likeness (QED) is 0.853. The Labute approximate surface area is 154 Å². The maximum atomic E-state index is 12.6. The first-order valence-electron chi connectivity index (χ1n) is 8.85. The highest BCUT2D eigenvalue weighted by Gasteiger charge is 2.33. The van der Waals surface area contributed by atoms with Crippen LogP contribution < -0.4 is 9.62 Å². The van der Waals surface area contributed by atoms with Gasteiger partial charge in [0.05, 0.1) is 11.9 Å². The van der Waals surface area contributed by atoms with Crippen molar-refractivity contribution in [3.05, 3.63) is 29.3 Å². The number of hydrogen-bond donors (Lipinski definition) is 1. The molecule has 3 rings (SSSR count). The SMILES string of the molecule is CC(=O)N1CCC(NC(=O)c2ccc3c(c2)C[C@@H](C)N3S(C)(=O)=O)CC1. The van der Waals surface area contributed by atoms with Gasteiger partial charge in [-0.3, -0.25) is 13.9 Å². The second kappa shape index (κ2) is 6.90. The van der Waals surface area contributed by atoms with Crippen molar-refractivity contribution >= 4 is 27.5 Å². The van der Waals surface area contributed by atoms with Gasteiger partial charge in [0.1, 0.15) is 0 Å². The summed E-state index contributed by atoms with van der Waals surface area (Å²) in [4.78, 5) is 25.7. The van der Waals surface area contributed by atoms with Gasteiger partial charge in [-0.05, 0) is 49.9 Å². The predicted molar refractivity (Wildman–Crippen MR) is 99.7 cm³/mol. The maximum Gasteiger partial charge on any atom is 0.251 e. The lowest BCUT2D eigenvalue weighted by Crippen LogP contribution is -2.46. The molecule has 2 aliphatic heterocycles. The lowest BCUT2D eigenvalue weighted by molar-refractivity contribution is -0.129. The Morgan fingerprint density at radius 2 is 1.85 bits per heavy atom. The van der Waals surface area contributed by atoms with E-state index in [9.17, 15) is 18.0 Å². The fourth-order valence-electron chi connectivity index (χ4n) is 3.86. The van der Waals surface area contributed by atoms with Crippen LogP contribution in [0, 0.1) is 0 Å². The molecule has 2 amide bonds. The van der Waals surface area contributed by atoms with Gasteiger partial charge in [-0.25, -0.2) is 8.42 Å². The van der Waals surface area contributed by atoms with Crippen molar-refractivity contribution in [3.8, 4) is 0 Å². The number of carbonyl (C=O) groups is 2. The lowest BCUT2D eigenvalue weighted by Gasteiger charge is -2.31. The second-order valence-corrected chi connectivity index (χ2v) is 9.07. The Balaban J connectivity index is 1.69. The Morgan fingerprint density at radius 3 is 2.42 bits per heavy atom. The summed E-state index contributed by atoms with van der Waals surface area (Å²) in [6.45, 7) is 4.74. The van der Waals surface area contributed by atoms with Gasteiger partial charge >= 0.3 is 0 Å². The molecule has 0 saturated carbocycles. The van der Waals surface area contributed by atoms with E-state index in [-0.39, 0.29) is 23.9 Å². The molecule has 142 valence electrons. The van der Waals surface area contributed by atoms with Crippen LogP contribution in [0.4, 0.5) is 5.69 Å². The molecule has 0 aliphatic carbocycles. The number of nitrogens with one attached hydrogen (secondary N) is 1. The fraction of sp³-hybridized carbons (Fsp3) is 0.556. The molecule has 8 heteroatoms. The van der Waals surface area contributed by atoms with Crippen LogP contribution >= 0.6 is 0 Å². The summed E-state index contributed by atoms with van der Waals surface area (Å²) < 4.78 is 25.4. The second-order valence-electron chi connectivity index (χ2n) is 7.21. The van der Waals surface area contributed by atoms with Gasteiger partial charge in [-0.1, -0.05) is 0 Å². The number of hydrogen-bond acceptors (Lipinski definition) is 4. The third-order valence-corrected chi connectivity index (χ3v) is 6.40. The molecule has 1 saturated heterocycles. The van der Waals surface area contributed by atoms with Gasteiger partial charge in [0.25, 0.3) is 5.91 Å². The van der Waals surface area contributed by atoms with E-state index in [4.69, 9.17) is 0 Å². The van der Waals surface area contributed by atoms with Crippen LogP contribution in [0.1, 0.15) is 42.6 Å². The van der Waals surface area contributed by atoms with Crippen LogP contribution in [0.5, 0.6) is 0 Å². The Kier molecular flexibility index (Phi) is 4.96. The molecule has 0 aromatic heterocycles. The molecule has 1 atom stereocenters. The first kappa shape index (κ1) is 18.7. The van der Waals surface area contributed by atoms with Crippen molar-refractivity contribution in [1.82, 2.24) is 10.2 Å². The largest absolute Gasteiger partial charge is 0.349 e. The summed E-state index contributed by atoms with van der Waals surface area (Å²) in [7, 11) is -3.33. The van der Waals surface area contributed by atoms with E-state index in [0.717, 1.165) is 18.4 Å². The van der Waals surface area contributed by atoms with Crippen LogP contribution in [0.25, 0.3) is 0 Å². The highest BCUT2D eigenvalue weighted by Crippen LogP contribution is 2.34. The summed E-state index contributed by atoms with van der Waals surface area (Å²) in [5, 5.41) is 3.03. The predicted octanol–water partition coefficient (Wildman–Crippen LogP) is 1.14. The van der Waals surface area contributed by atoms with Crippen molar-refractivity contribution in [2.24, 2.45) is 0 Å². The third-order valence-electron chi connectivity index (χ3n) is 5.13. The summed E-state index contributed by atoms with van der Waals surface area (Å²) in [5.41, 5.74) is 2.08. The first-order chi connectivity index (χ1) is 12.2. The minimum Gasteiger partial charge on any atom is -0.349 e. The average Bonchev–Trinajstić information content (AvgIpc) is 2.90. The zero-order valence-corrected chi connectivity index (χ0v) is 16.2. The molecule has 2 aliphatic rings. The van der Waals surface area contributed by atoms with Crippen LogP contribution in [-0.2, 0) is 21.2 Å². The van der Waals surface area contributed by atoms with Gasteiger partial charge in [-0.15, -0.1) is 0 Å². The number of nitrogens with zero attached hydrogens (tertiary/aromatic N) is 2. The summed E-state index contributed by atoms with van der Waals surface area (Å²) >= 11 is 0. The van der Waals surface area contributed by atoms with Gasteiger partial charge in [-0.2, -0.15) is 0 Å². The topological polar surface area (TPSA) is 86.8 Å². The van der Waals surface area contributed by atoms with Crippen LogP contribution in [0.15, 0.2) is 18.2 Å². The molecule has 1 aromatic carbocycles. The molecule has 1 fully saturated rings. The summed E-state index contributed by atoms with van der Waals surface area (Å²) in [6, 6.07) is 5.09. The minimum atomic E-state index is -3.33. The number of fused-ring (bicyclic) bond motifs is 1. The molecule has 1 aromatic rings. The summed E-state index contributed by atoms with van der Waals surface area (Å²) in [5.74, 6) is -0.0857. The van der Waals surface area contributed by atoms with Crippen molar-refractivity contribution in [3.63, 3.8) is 0 Å². The molecule has 1 N–H and O–H groups in total. The highest BCUT2D eigenvalue weighted by molar-refractivity contribution is 7.92. The van der Waals surface area contributed by atoms with Gasteiger partial charge in [0, 0.05) is 37.7 Å². The zero-order valence-electron chi connectivity index (χ0n) is 15.4. The normalized spacial score (nSPS) is 20.8. The van der Waals surface area contributed by atoms with Crippen LogP contribution in [0.2, 0.25) is 0 Å². The van der Waals surface area contributed by atoms with E-state index >= 15 is 0 Å². The van der Waals surface area contributed by atoms with E-state index in [0.29, 0.717) is 30.8 Å². The molecule has 0 spiro atoms. The third kappa shape index (κ3) is 3.70. The van der Waals surface area contributed by atoms with E-state index in [1.54, 1.807) is 30.0 Å². The van der Waals surface area contributed by atoms with Crippen LogP contribution in [0.3, 0.4) is 0 Å². The van der Waals surface area contributed by atoms with Crippen LogP contribution in [-0.4, -0.2) is 56.6 Å². The number of rotatable bonds is 3. The zero-order chi connectivity index (χ0) is 19.1. The smallest absolute Gasteiger partial charge is 0.251 e. The molecule has 0 unspecified atom stereocenters. The molecule has 2 heterocycles. The summed E-state index contributed by atoms with van der Waals surface area (Å²) in [6.07, 6.45) is 3.29. The molecule has 26 heavy (non-hydrogen) atoms. The number of amides is 2. The number of anilines is 1. The van der Waals surface area contributed by atoms with Gasteiger partial charge in [0.2, 0.25) is 15.9 Å². The average molecular weight is 379 g/mol. The Bertz CT molecular complexity index is 829. The van der Waals surface area contributed by atoms with Gasteiger partial charge < -0.3 is 10.2 Å². The number of carbonyl (C=O) groups excluding carboxylic acids is 2. The highest BCUT2D eigenvalue weighted by atomic mass is 32.2.